The molecule has 66 heavy (non-hydrogen) atoms. The number of hydrogen-bond acceptors (Lipinski definition) is 5. The van der Waals surface area contributed by atoms with Gasteiger partial charge in [-0.2, -0.15) is 0 Å². The van der Waals surface area contributed by atoms with Gasteiger partial charge >= 0.3 is 5.97 Å². The van der Waals surface area contributed by atoms with Gasteiger partial charge in [0.05, 0.1) is 25.4 Å². The van der Waals surface area contributed by atoms with Crippen LogP contribution in [0, 0.1) is 0 Å². The Balaban J connectivity index is 3.46. The van der Waals surface area contributed by atoms with Crippen LogP contribution in [-0.2, 0) is 14.3 Å². The maximum atomic E-state index is 12.5. The van der Waals surface area contributed by atoms with Crippen LogP contribution in [0.15, 0.2) is 24.3 Å². The molecule has 0 aliphatic rings. The number of rotatable bonds is 55. The average Bonchev–Trinajstić information content (AvgIpc) is 3.32. The molecular formula is C60H115NO5. The van der Waals surface area contributed by atoms with Crippen molar-refractivity contribution in [2.24, 2.45) is 0 Å². The predicted octanol–water partition coefficient (Wildman–Crippen LogP) is 18.2. The van der Waals surface area contributed by atoms with Crippen molar-refractivity contribution in [2.75, 3.05) is 13.2 Å². The number of unbranched alkanes of at least 4 members (excludes halogenated alkanes) is 40. The smallest absolute Gasteiger partial charge is 0.305 e. The summed E-state index contributed by atoms with van der Waals surface area (Å²) < 4.78 is 5.47. The van der Waals surface area contributed by atoms with Gasteiger partial charge < -0.3 is 20.3 Å². The number of ether oxygens (including phenoxy) is 1. The molecule has 0 saturated heterocycles. The lowest BCUT2D eigenvalue weighted by atomic mass is 10.0. The molecule has 0 aliphatic carbocycles. The van der Waals surface area contributed by atoms with Gasteiger partial charge in [-0.1, -0.05) is 256 Å². The van der Waals surface area contributed by atoms with Crippen molar-refractivity contribution in [3.8, 4) is 0 Å². The van der Waals surface area contributed by atoms with Crippen molar-refractivity contribution >= 4 is 11.9 Å². The van der Waals surface area contributed by atoms with Crippen LogP contribution in [0.5, 0.6) is 0 Å². The van der Waals surface area contributed by atoms with E-state index < -0.39 is 12.1 Å². The van der Waals surface area contributed by atoms with Crippen molar-refractivity contribution in [2.45, 2.75) is 334 Å². The van der Waals surface area contributed by atoms with Crippen molar-refractivity contribution in [3.05, 3.63) is 24.3 Å². The highest BCUT2D eigenvalue weighted by Crippen LogP contribution is 2.17. The molecule has 0 radical (unpaired) electrons. The lowest BCUT2D eigenvalue weighted by Crippen LogP contribution is -2.45. The summed E-state index contributed by atoms with van der Waals surface area (Å²) >= 11 is 0. The molecule has 0 spiro atoms. The highest BCUT2D eigenvalue weighted by atomic mass is 16.5. The topological polar surface area (TPSA) is 95.9 Å². The summed E-state index contributed by atoms with van der Waals surface area (Å²) in [5, 5.41) is 23.3. The molecule has 6 heteroatoms. The summed E-state index contributed by atoms with van der Waals surface area (Å²) in [6.07, 6.45) is 67.4. The maximum absolute atomic E-state index is 12.5. The first-order chi connectivity index (χ1) is 32.5. The minimum absolute atomic E-state index is 0.00933. The lowest BCUT2D eigenvalue weighted by molar-refractivity contribution is -0.143. The zero-order chi connectivity index (χ0) is 47.9. The fourth-order valence-corrected chi connectivity index (χ4v) is 9.16. The predicted molar refractivity (Wildman–Crippen MR) is 287 cm³/mol. The minimum Gasteiger partial charge on any atom is -0.466 e. The molecule has 0 saturated carbocycles. The van der Waals surface area contributed by atoms with Gasteiger partial charge in [0.15, 0.2) is 0 Å². The zero-order valence-corrected chi connectivity index (χ0v) is 44.4. The number of esters is 1. The van der Waals surface area contributed by atoms with Gasteiger partial charge in [0.1, 0.15) is 0 Å². The molecule has 1 amide bonds. The Bertz CT molecular complexity index is 1030. The molecule has 0 aromatic carbocycles. The van der Waals surface area contributed by atoms with E-state index in [1.165, 1.54) is 231 Å². The van der Waals surface area contributed by atoms with Crippen LogP contribution in [0.1, 0.15) is 322 Å². The maximum Gasteiger partial charge on any atom is 0.305 e. The number of amides is 1. The van der Waals surface area contributed by atoms with Gasteiger partial charge in [-0.15, -0.1) is 0 Å². The Labute approximate surface area is 411 Å². The number of allylic oxidation sites excluding steroid dienone is 4. The molecule has 0 rings (SSSR count). The second kappa shape index (κ2) is 55.9. The molecule has 0 aliphatic heterocycles. The average molecular weight is 931 g/mol. The summed E-state index contributed by atoms with van der Waals surface area (Å²) in [5.74, 6) is -0.0546. The number of carbonyl (C=O) groups is 2. The van der Waals surface area contributed by atoms with Gasteiger partial charge in [0.25, 0.3) is 0 Å². The van der Waals surface area contributed by atoms with E-state index in [1.807, 2.05) is 0 Å². The van der Waals surface area contributed by atoms with E-state index in [0.717, 1.165) is 57.8 Å². The van der Waals surface area contributed by atoms with Crippen molar-refractivity contribution < 1.29 is 24.5 Å². The van der Waals surface area contributed by atoms with Crippen LogP contribution >= 0.6 is 0 Å². The summed E-state index contributed by atoms with van der Waals surface area (Å²) in [6.45, 7) is 4.94. The molecule has 0 fully saturated rings. The standard InChI is InChI=1S/C60H115NO5/c1-3-5-7-9-11-13-15-17-19-21-25-28-32-36-40-44-48-52-58(63)57(56-62)61-59(64)53-49-45-41-37-33-29-26-22-20-23-27-31-35-39-43-47-51-55-66-60(65)54-50-46-42-38-34-30-24-18-16-14-12-10-8-6-4-2/h18,20,23-24,57-58,62-63H,3-17,19,21-22,25-56H2,1-2H3,(H,61,64)/b23-20-,24-18-. The van der Waals surface area contributed by atoms with Crippen molar-refractivity contribution in [1.29, 1.82) is 0 Å². The van der Waals surface area contributed by atoms with E-state index in [9.17, 15) is 19.8 Å². The number of carbonyl (C=O) groups excluding carboxylic acids is 2. The highest BCUT2D eigenvalue weighted by Gasteiger charge is 2.20. The fourth-order valence-electron chi connectivity index (χ4n) is 9.16. The quantitative estimate of drug-likeness (QED) is 0.0321. The SMILES string of the molecule is CCCCCCCC/C=C\CCCCCCCC(=O)OCCCCCCCC/C=C\CCCCCCCCCC(=O)NC(CO)C(O)CCCCCCCCCCCCCCCCCCC. The molecular weight excluding hydrogens is 815 g/mol. The van der Waals surface area contributed by atoms with Gasteiger partial charge in [-0.3, -0.25) is 9.59 Å². The molecule has 3 N–H and O–H groups in total. The summed E-state index contributed by atoms with van der Waals surface area (Å²) in [4.78, 5) is 24.5. The number of aliphatic hydroxyl groups is 2. The molecule has 0 heterocycles. The van der Waals surface area contributed by atoms with E-state index in [2.05, 4.69) is 43.5 Å². The van der Waals surface area contributed by atoms with Crippen LogP contribution in [0.3, 0.4) is 0 Å². The third kappa shape index (κ3) is 51.7. The molecule has 6 nitrogen and oxygen atoms in total. The molecule has 2 unspecified atom stereocenters. The van der Waals surface area contributed by atoms with Crippen LogP contribution in [0.25, 0.3) is 0 Å². The van der Waals surface area contributed by atoms with Gasteiger partial charge in [-0.25, -0.2) is 0 Å². The van der Waals surface area contributed by atoms with Gasteiger partial charge in [-0.05, 0) is 77.0 Å². The second-order valence-corrected chi connectivity index (χ2v) is 20.3. The third-order valence-corrected chi connectivity index (χ3v) is 13.7. The lowest BCUT2D eigenvalue weighted by Gasteiger charge is -2.22. The van der Waals surface area contributed by atoms with Crippen molar-refractivity contribution in [1.82, 2.24) is 5.32 Å². The summed E-state index contributed by atoms with van der Waals surface area (Å²) in [6, 6.07) is -0.551. The van der Waals surface area contributed by atoms with E-state index in [-0.39, 0.29) is 18.5 Å². The Morgan fingerprint density at radius 3 is 1.08 bits per heavy atom. The third-order valence-electron chi connectivity index (χ3n) is 13.7. The largest absolute Gasteiger partial charge is 0.466 e. The zero-order valence-electron chi connectivity index (χ0n) is 44.4. The number of nitrogens with one attached hydrogen (secondary N) is 1. The first-order valence-corrected chi connectivity index (χ1v) is 29.6. The summed E-state index contributed by atoms with van der Waals surface area (Å²) in [7, 11) is 0. The Morgan fingerprint density at radius 1 is 0.409 bits per heavy atom. The number of hydrogen-bond donors (Lipinski definition) is 3. The second-order valence-electron chi connectivity index (χ2n) is 20.3. The molecule has 0 bridgehead atoms. The molecule has 2 atom stereocenters. The Hall–Kier alpha value is -1.66. The monoisotopic (exact) mass is 930 g/mol. The minimum atomic E-state index is -0.672. The van der Waals surface area contributed by atoms with Gasteiger partial charge in [0.2, 0.25) is 5.91 Å². The Kier molecular flexibility index (Phi) is 54.5. The van der Waals surface area contributed by atoms with Crippen LogP contribution in [0.2, 0.25) is 0 Å². The fraction of sp³-hybridized carbons (Fsp3) is 0.900. The Morgan fingerprint density at radius 2 is 0.712 bits per heavy atom. The van der Waals surface area contributed by atoms with Crippen LogP contribution in [-0.4, -0.2) is 47.4 Å². The molecule has 0 aromatic heterocycles. The van der Waals surface area contributed by atoms with E-state index in [4.69, 9.17) is 4.74 Å². The van der Waals surface area contributed by atoms with Crippen LogP contribution < -0.4 is 5.32 Å². The number of aliphatic hydroxyl groups excluding tert-OH is 2. The van der Waals surface area contributed by atoms with E-state index in [1.54, 1.807) is 0 Å². The normalized spacial score (nSPS) is 12.7. The molecule has 390 valence electrons. The first-order valence-electron chi connectivity index (χ1n) is 29.6. The van der Waals surface area contributed by atoms with Gasteiger partial charge in [0, 0.05) is 12.8 Å². The van der Waals surface area contributed by atoms with Crippen molar-refractivity contribution in [3.63, 3.8) is 0 Å². The summed E-state index contributed by atoms with van der Waals surface area (Å²) in [5.41, 5.74) is 0. The molecule has 0 aromatic rings. The van der Waals surface area contributed by atoms with Crippen LogP contribution in [0.4, 0.5) is 0 Å². The van der Waals surface area contributed by atoms with E-state index >= 15 is 0 Å². The first kappa shape index (κ1) is 64.3. The highest BCUT2D eigenvalue weighted by molar-refractivity contribution is 5.76. The van der Waals surface area contributed by atoms with E-state index in [0.29, 0.717) is 25.9 Å².